The molecule has 2 aliphatic rings. The Morgan fingerprint density at radius 1 is 1.24 bits per heavy atom. The zero-order valence-corrected chi connectivity index (χ0v) is 19.0. The largest absolute Gasteiger partial charge is 0.486 e. The maximum atomic E-state index is 14.0. The molecule has 8 heteroatoms. The second-order valence-corrected chi connectivity index (χ2v) is 9.39. The molecule has 1 atom stereocenters. The summed E-state index contributed by atoms with van der Waals surface area (Å²) < 4.78 is 20.0. The highest BCUT2D eigenvalue weighted by Gasteiger charge is 2.31. The molecular weight excluding hydrogens is 441 g/mol. The minimum atomic E-state index is -0.372. The van der Waals surface area contributed by atoms with E-state index in [2.05, 4.69) is 10.3 Å². The van der Waals surface area contributed by atoms with Crippen molar-refractivity contribution in [2.24, 2.45) is 0 Å². The van der Waals surface area contributed by atoms with Crippen molar-refractivity contribution in [3.8, 4) is 5.75 Å². The third-order valence-electron chi connectivity index (χ3n) is 5.97. The monoisotopic (exact) mass is 465 g/mol. The quantitative estimate of drug-likeness (QED) is 0.591. The van der Waals surface area contributed by atoms with Crippen LogP contribution in [0.25, 0.3) is 0 Å². The number of ether oxygens (including phenoxy) is 1. The summed E-state index contributed by atoms with van der Waals surface area (Å²) in [4.78, 5) is 30.7. The van der Waals surface area contributed by atoms with Crippen molar-refractivity contribution in [2.45, 2.75) is 44.9 Å². The van der Waals surface area contributed by atoms with Crippen molar-refractivity contribution in [3.05, 3.63) is 81.1 Å². The summed E-state index contributed by atoms with van der Waals surface area (Å²) in [5.41, 5.74) is 3.19. The molecule has 33 heavy (non-hydrogen) atoms. The molecule has 5 rings (SSSR count). The number of carbonyl (C=O) groups is 2. The molecule has 1 saturated carbocycles. The summed E-state index contributed by atoms with van der Waals surface area (Å²) in [7, 11) is 0. The molecule has 170 valence electrons. The minimum Gasteiger partial charge on any atom is -0.486 e. The van der Waals surface area contributed by atoms with E-state index in [1.165, 1.54) is 30.4 Å². The lowest BCUT2D eigenvalue weighted by atomic mass is 9.88. The van der Waals surface area contributed by atoms with Gasteiger partial charge in [-0.2, -0.15) is 0 Å². The van der Waals surface area contributed by atoms with E-state index in [0.717, 1.165) is 36.0 Å². The van der Waals surface area contributed by atoms with Gasteiger partial charge in [0.05, 0.1) is 6.04 Å². The molecule has 0 radical (unpaired) electrons. The van der Waals surface area contributed by atoms with Crippen molar-refractivity contribution < 1.29 is 18.7 Å². The van der Waals surface area contributed by atoms with Crippen LogP contribution in [0.1, 0.15) is 58.0 Å². The fourth-order valence-electron chi connectivity index (χ4n) is 4.17. The molecular formula is C25H24FN3O3S. The molecule has 1 aromatic heterocycles. The van der Waals surface area contributed by atoms with Crippen LogP contribution in [0.2, 0.25) is 0 Å². The number of hydrogen-bond donors (Lipinski definition) is 1. The number of thiazole rings is 1. The summed E-state index contributed by atoms with van der Waals surface area (Å²) in [6, 6.07) is 12.1. The maximum absolute atomic E-state index is 14.0. The van der Waals surface area contributed by atoms with Crippen LogP contribution in [0, 0.1) is 5.82 Å². The van der Waals surface area contributed by atoms with Crippen molar-refractivity contribution >= 4 is 23.2 Å². The van der Waals surface area contributed by atoms with E-state index in [9.17, 15) is 14.0 Å². The molecule has 0 saturated heterocycles. The van der Waals surface area contributed by atoms with Gasteiger partial charge < -0.3 is 15.0 Å². The van der Waals surface area contributed by atoms with Crippen LogP contribution in [-0.2, 0) is 17.8 Å². The molecule has 2 amide bonds. The highest BCUT2D eigenvalue weighted by molar-refractivity contribution is 7.09. The van der Waals surface area contributed by atoms with Crippen LogP contribution >= 0.6 is 11.3 Å². The molecule has 1 N–H and O–H groups in total. The first-order chi connectivity index (χ1) is 16.0. The number of nitrogens with one attached hydrogen (secondary N) is 1. The first-order valence-corrected chi connectivity index (χ1v) is 11.9. The van der Waals surface area contributed by atoms with Crippen molar-refractivity contribution in [1.29, 1.82) is 0 Å². The Kier molecular flexibility index (Phi) is 5.85. The Labute approximate surface area is 195 Å². The Morgan fingerprint density at radius 3 is 2.85 bits per heavy atom. The molecule has 1 fully saturated rings. The van der Waals surface area contributed by atoms with E-state index in [-0.39, 0.29) is 36.3 Å². The van der Waals surface area contributed by atoms with E-state index in [0.29, 0.717) is 23.0 Å². The number of hydrogen-bond acceptors (Lipinski definition) is 5. The standard InChI is InChI=1S/C25H24FN3O3S/c1-15(30)29-10-9-16-5-8-20(12-21(16)24(29)17-3-2-4-18(26)11-17)32-13-23-28-22(14-33-23)25(31)27-19-6-7-19/h2-5,8,11-12,14,19,24H,6-7,9-10,13H2,1H3,(H,27,31)/t24-/m1/s1. The van der Waals surface area contributed by atoms with Crippen LogP contribution in [0.4, 0.5) is 4.39 Å². The van der Waals surface area contributed by atoms with Crippen molar-refractivity contribution in [3.63, 3.8) is 0 Å². The predicted molar refractivity (Wildman–Crippen MR) is 123 cm³/mol. The zero-order chi connectivity index (χ0) is 22.9. The molecule has 2 aromatic carbocycles. The summed E-state index contributed by atoms with van der Waals surface area (Å²) in [5.74, 6) is 0.109. The summed E-state index contributed by atoms with van der Waals surface area (Å²) >= 11 is 1.39. The second kappa shape index (κ2) is 8.94. The zero-order valence-electron chi connectivity index (χ0n) is 18.2. The van der Waals surface area contributed by atoms with E-state index >= 15 is 0 Å². The Morgan fingerprint density at radius 2 is 2.09 bits per heavy atom. The average molecular weight is 466 g/mol. The lowest BCUT2D eigenvalue weighted by molar-refractivity contribution is -0.130. The normalized spacial score (nSPS) is 17.4. The molecule has 1 aliphatic heterocycles. The molecule has 0 bridgehead atoms. The van der Waals surface area contributed by atoms with Gasteiger partial charge in [-0.05, 0) is 60.2 Å². The molecule has 0 spiro atoms. The average Bonchev–Trinajstić information content (AvgIpc) is 3.49. The summed E-state index contributed by atoms with van der Waals surface area (Å²) in [5, 5.41) is 5.39. The number of halogens is 1. The van der Waals surface area contributed by atoms with E-state index in [4.69, 9.17) is 4.74 Å². The number of aromatic nitrogens is 1. The fraction of sp³-hybridized carbons (Fsp3) is 0.320. The van der Waals surface area contributed by atoms with Gasteiger partial charge in [0.15, 0.2) is 0 Å². The van der Waals surface area contributed by atoms with Crippen LogP contribution in [-0.4, -0.2) is 34.3 Å². The number of rotatable bonds is 6. The van der Waals surface area contributed by atoms with Crippen molar-refractivity contribution in [2.75, 3.05) is 6.54 Å². The number of fused-ring (bicyclic) bond motifs is 1. The number of carbonyl (C=O) groups excluding carboxylic acids is 2. The van der Waals surface area contributed by atoms with Gasteiger partial charge in [0, 0.05) is 24.9 Å². The number of nitrogens with zero attached hydrogens (tertiary/aromatic N) is 2. The Hall–Kier alpha value is -3.26. The van der Waals surface area contributed by atoms with Crippen LogP contribution in [0.15, 0.2) is 47.8 Å². The predicted octanol–water partition coefficient (Wildman–Crippen LogP) is 4.25. The smallest absolute Gasteiger partial charge is 0.270 e. The van der Waals surface area contributed by atoms with Gasteiger partial charge >= 0.3 is 0 Å². The van der Waals surface area contributed by atoms with E-state index < -0.39 is 0 Å². The van der Waals surface area contributed by atoms with Gasteiger partial charge in [-0.25, -0.2) is 9.37 Å². The fourth-order valence-corrected chi connectivity index (χ4v) is 4.86. The summed E-state index contributed by atoms with van der Waals surface area (Å²) in [6.07, 6.45) is 2.79. The minimum absolute atomic E-state index is 0.0546. The lowest BCUT2D eigenvalue weighted by Crippen LogP contribution is -2.39. The SMILES string of the molecule is CC(=O)N1CCc2ccc(OCc3nc(C(=O)NC4CC4)cs3)cc2[C@H]1c1cccc(F)c1. The molecule has 2 heterocycles. The third-order valence-corrected chi connectivity index (χ3v) is 6.80. The molecule has 3 aromatic rings. The highest BCUT2D eigenvalue weighted by Crippen LogP contribution is 2.37. The van der Waals surface area contributed by atoms with Gasteiger partial charge in [0.25, 0.3) is 5.91 Å². The van der Waals surface area contributed by atoms with Gasteiger partial charge in [-0.1, -0.05) is 18.2 Å². The second-order valence-electron chi connectivity index (χ2n) is 8.44. The Bertz CT molecular complexity index is 1210. The van der Waals surface area contributed by atoms with Gasteiger partial charge in [0.1, 0.15) is 28.9 Å². The molecule has 1 aliphatic carbocycles. The van der Waals surface area contributed by atoms with E-state index in [1.54, 1.807) is 16.3 Å². The van der Waals surface area contributed by atoms with Crippen LogP contribution in [0.3, 0.4) is 0 Å². The maximum Gasteiger partial charge on any atom is 0.270 e. The topological polar surface area (TPSA) is 71.5 Å². The first kappa shape index (κ1) is 21.6. The number of amides is 2. The first-order valence-electron chi connectivity index (χ1n) is 11.0. The van der Waals surface area contributed by atoms with E-state index in [1.807, 2.05) is 24.3 Å². The highest BCUT2D eigenvalue weighted by atomic mass is 32.1. The van der Waals surface area contributed by atoms with Gasteiger partial charge in [-0.15, -0.1) is 11.3 Å². The summed E-state index contributed by atoms with van der Waals surface area (Å²) in [6.45, 7) is 2.35. The van der Waals surface area contributed by atoms with Gasteiger partial charge in [-0.3, -0.25) is 9.59 Å². The van der Waals surface area contributed by atoms with Crippen LogP contribution < -0.4 is 10.1 Å². The molecule has 0 unspecified atom stereocenters. The Balaban J connectivity index is 1.36. The van der Waals surface area contributed by atoms with Crippen molar-refractivity contribution in [1.82, 2.24) is 15.2 Å². The lowest BCUT2D eigenvalue weighted by Gasteiger charge is -2.37. The molecule has 6 nitrogen and oxygen atoms in total. The number of benzene rings is 2. The van der Waals surface area contributed by atoms with Gasteiger partial charge in [0.2, 0.25) is 5.91 Å². The third kappa shape index (κ3) is 4.75. The van der Waals surface area contributed by atoms with Crippen LogP contribution in [0.5, 0.6) is 5.75 Å².